The van der Waals surface area contributed by atoms with E-state index in [1.54, 1.807) is 0 Å². The summed E-state index contributed by atoms with van der Waals surface area (Å²) in [5.74, 6) is -0.596. The Hall–Kier alpha value is -1.69. The van der Waals surface area contributed by atoms with E-state index in [-0.39, 0.29) is 5.69 Å². The monoisotopic (exact) mass is 269 g/mol. The summed E-state index contributed by atoms with van der Waals surface area (Å²) in [6.45, 7) is 8.62. The van der Waals surface area contributed by atoms with Crippen LogP contribution in [0.4, 0.5) is 15.8 Å². The molecule has 1 aromatic carbocycles. The van der Waals surface area contributed by atoms with Gasteiger partial charge in [0.15, 0.2) is 5.82 Å². The molecule has 0 aliphatic heterocycles. The number of nitro groups is 1. The Morgan fingerprint density at radius 1 is 1.47 bits per heavy atom. The molecule has 0 aromatic heterocycles. The first kappa shape index (κ1) is 15.4. The quantitative estimate of drug-likeness (QED) is 0.611. The molecule has 5 nitrogen and oxygen atoms in total. The van der Waals surface area contributed by atoms with Crippen molar-refractivity contribution in [3.8, 4) is 0 Å². The van der Waals surface area contributed by atoms with Crippen LogP contribution in [0, 0.1) is 15.9 Å². The first-order valence-corrected chi connectivity index (χ1v) is 6.37. The lowest BCUT2D eigenvalue weighted by Gasteiger charge is -2.24. The van der Waals surface area contributed by atoms with Crippen molar-refractivity contribution in [2.24, 2.45) is 0 Å². The molecule has 0 amide bonds. The second-order valence-corrected chi connectivity index (χ2v) is 4.57. The van der Waals surface area contributed by atoms with Crippen molar-refractivity contribution < 1.29 is 9.31 Å². The van der Waals surface area contributed by atoms with Crippen LogP contribution in [-0.4, -0.2) is 35.5 Å². The van der Waals surface area contributed by atoms with E-state index in [0.29, 0.717) is 18.3 Å². The van der Waals surface area contributed by atoms with E-state index >= 15 is 0 Å². The molecule has 0 fully saturated rings. The van der Waals surface area contributed by atoms with E-state index in [1.165, 1.54) is 12.1 Å². The fourth-order valence-corrected chi connectivity index (χ4v) is 1.88. The highest BCUT2D eigenvalue weighted by Gasteiger charge is 2.11. The second kappa shape index (κ2) is 7.04. The molecule has 0 bridgehead atoms. The first-order chi connectivity index (χ1) is 8.95. The minimum atomic E-state index is -0.607. The molecule has 106 valence electrons. The highest BCUT2D eigenvalue weighted by Crippen LogP contribution is 2.20. The molecule has 0 aliphatic carbocycles. The van der Waals surface area contributed by atoms with Gasteiger partial charge in [-0.2, -0.15) is 0 Å². The summed E-state index contributed by atoms with van der Waals surface area (Å²) in [7, 11) is 0. The Kier molecular flexibility index (Phi) is 5.69. The number of halogens is 1. The summed E-state index contributed by atoms with van der Waals surface area (Å²) in [4.78, 5) is 12.1. The van der Waals surface area contributed by atoms with Gasteiger partial charge in [0.05, 0.1) is 16.7 Å². The molecule has 0 saturated carbocycles. The molecule has 0 saturated heterocycles. The number of benzene rings is 1. The van der Waals surface area contributed by atoms with Crippen LogP contribution in [0.1, 0.15) is 20.8 Å². The molecule has 0 unspecified atom stereocenters. The lowest BCUT2D eigenvalue weighted by Crippen LogP contribution is -2.34. The molecule has 0 heterocycles. The number of nitrogens with one attached hydrogen (secondary N) is 1. The van der Waals surface area contributed by atoms with E-state index in [1.807, 2.05) is 0 Å². The summed E-state index contributed by atoms with van der Waals surface area (Å²) in [6.07, 6.45) is 0. The molecule has 0 radical (unpaired) electrons. The van der Waals surface area contributed by atoms with E-state index < -0.39 is 10.7 Å². The lowest BCUT2D eigenvalue weighted by molar-refractivity contribution is -0.385. The summed E-state index contributed by atoms with van der Waals surface area (Å²) in [5, 5.41) is 13.5. The van der Waals surface area contributed by atoms with Gasteiger partial charge in [0.1, 0.15) is 0 Å². The number of anilines is 1. The van der Waals surface area contributed by atoms with Gasteiger partial charge in [0, 0.05) is 25.2 Å². The van der Waals surface area contributed by atoms with Crippen LogP contribution in [0.2, 0.25) is 0 Å². The third-order valence-electron chi connectivity index (χ3n) is 3.01. The standard InChI is InChI=1S/C13H20FN3O2/c1-4-16(10(2)3)8-7-15-13-6-5-11(17(18)19)9-12(13)14/h5-6,9-10,15H,4,7-8H2,1-3H3. The van der Waals surface area contributed by atoms with E-state index in [4.69, 9.17) is 0 Å². The van der Waals surface area contributed by atoms with Crippen molar-refractivity contribution in [3.63, 3.8) is 0 Å². The second-order valence-electron chi connectivity index (χ2n) is 4.57. The topological polar surface area (TPSA) is 58.4 Å². The van der Waals surface area contributed by atoms with E-state index in [2.05, 4.69) is 31.0 Å². The summed E-state index contributed by atoms with van der Waals surface area (Å²) < 4.78 is 13.6. The van der Waals surface area contributed by atoms with Gasteiger partial charge in [-0.3, -0.25) is 15.0 Å². The zero-order valence-electron chi connectivity index (χ0n) is 11.5. The van der Waals surface area contributed by atoms with Crippen LogP contribution >= 0.6 is 0 Å². The van der Waals surface area contributed by atoms with Gasteiger partial charge in [0.25, 0.3) is 5.69 Å². The van der Waals surface area contributed by atoms with Crippen molar-refractivity contribution in [1.29, 1.82) is 0 Å². The maximum Gasteiger partial charge on any atom is 0.272 e. The molecule has 1 rings (SSSR count). The zero-order valence-corrected chi connectivity index (χ0v) is 11.5. The number of hydrogen-bond acceptors (Lipinski definition) is 4. The van der Waals surface area contributed by atoms with Crippen LogP contribution in [0.15, 0.2) is 18.2 Å². The number of hydrogen-bond donors (Lipinski definition) is 1. The normalized spacial score (nSPS) is 11.1. The van der Waals surface area contributed by atoms with Crippen molar-refractivity contribution in [2.45, 2.75) is 26.8 Å². The molecule has 0 atom stereocenters. The molecular weight excluding hydrogens is 249 g/mol. The molecule has 1 aromatic rings. The van der Waals surface area contributed by atoms with Crippen LogP contribution in [-0.2, 0) is 0 Å². The SMILES string of the molecule is CCN(CCNc1ccc([N+](=O)[O-])cc1F)C(C)C. The molecule has 1 N–H and O–H groups in total. The van der Waals surface area contributed by atoms with Gasteiger partial charge >= 0.3 is 0 Å². The largest absolute Gasteiger partial charge is 0.381 e. The first-order valence-electron chi connectivity index (χ1n) is 6.37. The molecule has 0 spiro atoms. The predicted octanol–water partition coefficient (Wildman–Crippen LogP) is 2.88. The third kappa shape index (κ3) is 4.48. The Morgan fingerprint density at radius 2 is 2.16 bits per heavy atom. The lowest BCUT2D eigenvalue weighted by atomic mass is 10.2. The highest BCUT2D eigenvalue weighted by molar-refractivity contribution is 5.50. The van der Waals surface area contributed by atoms with Crippen LogP contribution < -0.4 is 5.32 Å². The average Bonchev–Trinajstić information content (AvgIpc) is 2.35. The fraction of sp³-hybridized carbons (Fsp3) is 0.538. The Balaban J connectivity index is 2.56. The minimum Gasteiger partial charge on any atom is -0.381 e. The van der Waals surface area contributed by atoms with Crippen molar-refractivity contribution in [3.05, 3.63) is 34.1 Å². The average molecular weight is 269 g/mol. The van der Waals surface area contributed by atoms with Crippen molar-refractivity contribution in [1.82, 2.24) is 4.90 Å². The van der Waals surface area contributed by atoms with Crippen LogP contribution in [0.5, 0.6) is 0 Å². The van der Waals surface area contributed by atoms with Crippen LogP contribution in [0.25, 0.3) is 0 Å². The van der Waals surface area contributed by atoms with Gasteiger partial charge < -0.3 is 5.32 Å². The highest BCUT2D eigenvalue weighted by atomic mass is 19.1. The third-order valence-corrected chi connectivity index (χ3v) is 3.01. The number of nitro benzene ring substituents is 1. The summed E-state index contributed by atoms with van der Waals surface area (Å²) in [5.41, 5.74) is 0.0609. The Labute approximate surface area is 112 Å². The molecular formula is C13H20FN3O2. The molecule has 19 heavy (non-hydrogen) atoms. The van der Waals surface area contributed by atoms with E-state index in [9.17, 15) is 14.5 Å². The fourth-order valence-electron chi connectivity index (χ4n) is 1.88. The smallest absolute Gasteiger partial charge is 0.272 e. The summed E-state index contributed by atoms with van der Waals surface area (Å²) >= 11 is 0. The van der Waals surface area contributed by atoms with Crippen molar-refractivity contribution >= 4 is 11.4 Å². The van der Waals surface area contributed by atoms with Crippen LogP contribution in [0.3, 0.4) is 0 Å². The molecule has 0 aliphatic rings. The van der Waals surface area contributed by atoms with Gasteiger partial charge in [-0.15, -0.1) is 0 Å². The number of rotatable bonds is 7. The summed E-state index contributed by atoms with van der Waals surface area (Å²) in [6, 6.07) is 4.07. The zero-order chi connectivity index (χ0) is 14.4. The Bertz CT molecular complexity index is 438. The maximum absolute atomic E-state index is 13.6. The van der Waals surface area contributed by atoms with Gasteiger partial charge in [0.2, 0.25) is 0 Å². The predicted molar refractivity (Wildman–Crippen MR) is 73.9 cm³/mol. The Morgan fingerprint density at radius 3 is 2.63 bits per heavy atom. The maximum atomic E-state index is 13.6. The van der Waals surface area contributed by atoms with Crippen molar-refractivity contribution in [2.75, 3.05) is 25.0 Å². The number of nitrogens with zero attached hydrogens (tertiary/aromatic N) is 2. The number of likely N-dealkylation sites (N-methyl/N-ethyl adjacent to an activating group) is 1. The number of non-ortho nitro benzene ring substituents is 1. The minimum absolute atomic E-state index is 0.236. The van der Waals surface area contributed by atoms with Gasteiger partial charge in [-0.1, -0.05) is 6.92 Å². The van der Waals surface area contributed by atoms with Gasteiger partial charge in [-0.05, 0) is 26.5 Å². The van der Waals surface area contributed by atoms with E-state index in [0.717, 1.165) is 19.2 Å². The molecule has 6 heteroatoms. The van der Waals surface area contributed by atoms with Gasteiger partial charge in [-0.25, -0.2) is 4.39 Å².